The molecular formula is C19H16F6N6O. The number of amides is 1. The van der Waals surface area contributed by atoms with Gasteiger partial charge >= 0.3 is 12.4 Å². The van der Waals surface area contributed by atoms with E-state index in [1.807, 2.05) is 0 Å². The van der Waals surface area contributed by atoms with Gasteiger partial charge in [-0.3, -0.25) is 9.20 Å². The van der Waals surface area contributed by atoms with Crippen LogP contribution in [0.15, 0.2) is 30.7 Å². The van der Waals surface area contributed by atoms with Gasteiger partial charge in [-0.2, -0.15) is 26.3 Å². The molecule has 1 aliphatic rings. The molecule has 1 amide bonds. The molecule has 2 aromatic heterocycles. The normalized spacial score (nSPS) is 17.8. The molecule has 1 aliphatic heterocycles. The minimum Gasteiger partial charge on any atom is -0.344 e. The second-order valence-corrected chi connectivity index (χ2v) is 7.38. The van der Waals surface area contributed by atoms with E-state index in [0.717, 1.165) is 12.5 Å². The molecular weight excluding hydrogens is 442 g/mol. The van der Waals surface area contributed by atoms with E-state index in [1.165, 1.54) is 16.9 Å². The molecule has 4 rings (SSSR count). The molecule has 0 saturated carbocycles. The van der Waals surface area contributed by atoms with E-state index in [0.29, 0.717) is 19.0 Å². The van der Waals surface area contributed by atoms with Gasteiger partial charge < -0.3 is 10.2 Å². The number of likely N-dealkylation sites (tertiary alicyclic amines) is 1. The van der Waals surface area contributed by atoms with Crippen molar-refractivity contribution in [1.29, 1.82) is 0 Å². The number of rotatable bonds is 3. The number of carbonyl (C=O) groups is 1. The predicted octanol–water partition coefficient (Wildman–Crippen LogP) is 3.86. The fourth-order valence-electron chi connectivity index (χ4n) is 3.61. The Hall–Kier alpha value is -3.38. The van der Waals surface area contributed by atoms with Crippen molar-refractivity contribution >= 4 is 17.4 Å². The van der Waals surface area contributed by atoms with Crippen LogP contribution in [0.1, 0.15) is 24.0 Å². The van der Waals surface area contributed by atoms with Crippen LogP contribution in [0, 0.1) is 0 Å². The average molecular weight is 458 g/mol. The van der Waals surface area contributed by atoms with Crippen LogP contribution < -0.4 is 5.32 Å². The summed E-state index contributed by atoms with van der Waals surface area (Å²) < 4.78 is 81.1. The molecule has 0 radical (unpaired) electrons. The topological polar surface area (TPSA) is 75.4 Å². The molecule has 1 fully saturated rings. The van der Waals surface area contributed by atoms with Crippen LogP contribution in [-0.4, -0.2) is 50.0 Å². The van der Waals surface area contributed by atoms with Crippen LogP contribution in [0.4, 0.5) is 32.3 Å². The van der Waals surface area contributed by atoms with Crippen LogP contribution in [0.3, 0.4) is 0 Å². The smallest absolute Gasteiger partial charge is 0.344 e. The molecule has 13 heteroatoms. The summed E-state index contributed by atoms with van der Waals surface area (Å²) in [5.41, 5.74) is -3.69. The molecule has 3 aromatic rings. The van der Waals surface area contributed by atoms with Crippen molar-refractivity contribution in [2.45, 2.75) is 31.2 Å². The van der Waals surface area contributed by atoms with Crippen molar-refractivity contribution in [2.75, 3.05) is 18.9 Å². The number of anilines is 1. The molecule has 0 spiro atoms. The highest BCUT2D eigenvalue weighted by atomic mass is 19.4. The lowest BCUT2D eigenvalue weighted by Gasteiger charge is -2.29. The van der Waals surface area contributed by atoms with Gasteiger partial charge in [-0.1, -0.05) is 6.07 Å². The monoisotopic (exact) mass is 458 g/mol. The number of benzene rings is 1. The van der Waals surface area contributed by atoms with E-state index in [4.69, 9.17) is 0 Å². The first-order chi connectivity index (χ1) is 15.0. The number of hydrogen-bond acceptors (Lipinski definition) is 5. The van der Waals surface area contributed by atoms with E-state index >= 15 is 0 Å². The highest BCUT2D eigenvalue weighted by Crippen LogP contribution is 2.41. The quantitative estimate of drug-likeness (QED) is 0.604. The molecule has 3 heterocycles. The van der Waals surface area contributed by atoms with Crippen molar-refractivity contribution in [3.8, 4) is 11.3 Å². The Morgan fingerprint density at radius 3 is 2.53 bits per heavy atom. The molecule has 0 bridgehead atoms. The average Bonchev–Trinajstić information content (AvgIpc) is 3.20. The summed E-state index contributed by atoms with van der Waals surface area (Å²) >= 11 is 0. The van der Waals surface area contributed by atoms with Crippen molar-refractivity contribution < 1.29 is 31.1 Å². The maximum atomic E-state index is 13.6. The van der Waals surface area contributed by atoms with Crippen LogP contribution in [0.2, 0.25) is 0 Å². The lowest BCUT2D eigenvalue weighted by atomic mass is 10.00. The fourth-order valence-corrected chi connectivity index (χ4v) is 3.61. The number of hydrogen-bond donors (Lipinski definition) is 1. The predicted molar refractivity (Wildman–Crippen MR) is 101 cm³/mol. The van der Waals surface area contributed by atoms with Crippen molar-refractivity contribution in [2.24, 2.45) is 0 Å². The molecule has 1 unspecified atom stereocenters. The minimum absolute atomic E-state index is 0.0482. The summed E-state index contributed by atoms with van der Waals surface area (Å²) in [5, 5.41) is 10.7. The first-order valence-electron chi connectivity index (χ1n) is 9.46. The van der Waals surface area contributed by atoms with Gasteiger partial charge in [0.05, 0.1) is 22.8 Å². The maximum Gasteiger partial charge on any atom is 0.417 e. The number of carbonyl (C=O) groups excluding carboxylic acids is 1. The molecule has 1 N–H and O–H groups in total. The summed E-state index contributed by atoms with van der Waals surface area (Å²) in [6, 6.07) is 0.723. The highest BCUT2D eigenvalue weighted by molar-refractivity contribution is 5.85. The van der Waals surface area contributed by atoms with Gasteiger partial charge in [-0.05, 0) is 25.0 Å². The van der Waals surface area contributed by atoms with Crippen molar-refractivity contribution in [3.63, 3.8) is 0 Å². The number of aromatic nitrogens is 4. The maximum absolute atomic E-state index is 13.6. The highest BCUT2D eigenvalue weighted by Gasteiger charge is 2.39. The molecule has 1 atom stereocenters. The van der Waals surface area contributed by atoms with Gasteiger partial charge in [0, 0.05) is 19.2 Å². The zero-order valence-electron chi connectivity index (χ0n) is 16.5. The SMILES string of the molecule is CN1CCCC(Nc2nnc(-c3ccc(C(F)(F)F)cc3C(F)(F)F)c3cncn23)C1=O. The van der Waals surface area contributed by atoms with Gasteiger partial charge in [0.2, 0.25) is 11.9 Å². The van der Waals surface area contributed by atoms with E-state index < -0.39 is 35.1 Å². The number of nitrogens with one attached hydrogen (secondary N) is 1. The number of likely N-dealkylation sites (N-methyl/N-ethyl adjacent to an activating group) is 1. The van der Waals surface area contributed by atoms with Crippen LogP contribution >= 0.6 is 0 Å². The van der Waals surface area contributed by atoms with Crippen molar-refractivity contribution in [3.05, 3.63) is 41.9 Å². The first-order valence-corrected chi connectivity index (χ1v) is 9.46. The Bertz CT molecular complexity index is 1170. The van der Waals surface area contributed by atoms with E-state index in [2.05, 4.69) is 20.5 Å². The summed E-state index contributed by atoms with van der Waals surface area (Å²) in [4.78, 5) is 17.8. The summed E-state index contributed by atoms with van der Waals surface area (Å²) in [5.74, 6) is -0.0899. The lowest BCUT2D eigenvalue weighted by molar-refractivity contribution is -0.142. The van der Waals surface area contributed by atoms with Gasteiger partial charge in [-0.25, -0.2) is 4.98 Å². The zero-order chi connectivity index (χ0) is 23.3. The Morgan fingerprint density at radius 2 is 1.84 bits per heavy atom. The first kappa shape index (κ1) is 21.8. The number of fused-ring (bicyclic) bond motifs is 1. The van der Waals surface area contributed by atoms with Gasteiger partial charge in [0.25, 0.3) is 0 Å². The third kappa shape index (κ3) is 3.94. The van der Waals surface area contributed by atoms with Crippen LogP contribution in [0.25, 0.3) is 16.8 Å². The second-order valence-electron chi connectivity index (χ2n) is 7.38. The van der Waals surface area contributed by atoms with E-state index in [1.54, 1.807) is 11.9 Å². The number of piperidine rings is 1. The Balaban J connectivity index is 1.80. The lowest BCUT2D eigenvalue weighted by Crippen LogP contribution is -2.45. The fraction of sp³-hybridized carbons (Fsp3) is 0.368. The Labute approximate surface area is 177 Å². The van der Waals surface area contributed by atoms with Crippen LogP contribution in [0.5, 0.6) is 0 Å². The third-order valence-corrected chi connectivity index (χ3v) is 5.23. The molecule has 170 valence electrons. The van der Waals surface area contributed by atoms with Gasteiger partial charge in [0.15, 0.2) is 0 Å². The number of nitrogens with zero attached hydrogens (tertiary/aromatic N) is 5. The van der Waals surface area contributed by atoms with Gasteiger partial charge in [0.1, 0.15) is 18.1 Å². The third-order valence-electron chi connectivity index (χ3n) is 5.23. The molecule has 7 nitrogen and oxygen atoms in total. The molecule has 1 aromatic carbocycles. The Morgan fingerprint density at radius 1 is 1.09 bits per heavy atom. The Kier molecular flexibility index (Phi) is 5.21. The van der Waals surface area contributed by atoms with Crippen molar-refractivity contribution in [1.82, 2.24) is 24.5 Å². The second kappa shape index (κ2) is 7.64. The molecule has 32 heavy (non-hydrogen) atoms. The van der Waals surface area contributed by atoms with Crippen LogP contribution in [-0.2, 0) is 17.1 Å². The minimum atomic E-state index is -5.06. The standard InChI is InChI=1S/C19H16F6N6O/c1-30-6-2-3-13(16(30)32)27-17-29-28-15(14-8-26-9-31(14)17)11-5-4-10(18(20,21)22)7-12(11)19(23,24)25/h4-5,7-9,13H,2-3,6H2,1H3,(H,27,29). The van der Waals surface area contributed by atoms with E-state index in [9.17, 15) is 31.1 Å². The number of alkyl halides is 6. The van der Waals surface area contributed by atoms with Gasteiger partial charge in [-0.15, -0.1) is 10.2 Å². The number of imidazole rings is 1. The summed E-state index contributed by atoms with van der Waals surface area (Å²) in [6.07, 6.45) is -6.24. The zero-order valence-corrected chi connectivity index (χ0v) is 16.5. The summed E-state index contributed by atoms with van der Waals surface area (Å²) in [6.45, 7) is 0.607. The summed E-state index contributed by atoms with van der Waals surface area (Å²) in [7, 11) is 1.65. The molecule has 1 saturated heterocycles. The molecule has 0 aliphatic carbocycles. The van der Waals surface area contributed by atoms with E-state index in [-0.39, 0.29) is 29.1 Å². The largest absolute Gasteiger partial charge is 0.417 e. The number of halogens is 6.